The number of amides is 1. The monoisotopic (exact) mass is 520 g/mol. The van der Waals surface area contributed by atoms with Gasteiger partial charge in [0.2, 0.25) is 0 Å². The van der Waals surface area contributed by atoms with Crippen molar-refractivity contribution in [2.75, 3.05) is 69.3 Å². The predicted molar refractivity (Wildman–Crippen MR) is 148 cm³/mol. The van der Waals surface area contributed by atoms with E-state index in [4.69, 9.17) is 4.74 Å². The summed E-state index contributed by atoms with van der Waals surface area (Å²) in [5.74, 6) is 0.0331. The predicted octanol–water partition coefficient (Wildman–Crippen LogP) is 3.71. The summed E-state index contributed by atoms with van der Waals surface area (Å²) in [6.07, 6.45) is 2.94. The molecule has 35 heavy (non-hydrogen) atoms. The minimum Gasteiger partial charge on any atom is -0.378 e. The van der Waals surface area contributed by atoms with E-state index in [-0.39, 0.29) is 36.8 Å². The lowest BCUT2D eigenvalue weighted by atomic mass is 9.84. The van der Waals surface area contributed by atoms with Crippen LogP contribution in [0.1, 0.15) is 33.5 Å². The van der Waals surface area contributed by atoms with Gasteiger partial charge in [0.05, 0.1) is 13.2 Å². The van der Waals surface area contributed by atoms with Gasteiger partial charge in [-0.3, -0.25) is 4.79 Å². The van der Waals surface area contributed by atoms with Crippen molar-refractivity contribution in [3.63, 3.8) is 0 Å². The van der Waals surface area contributed by atoms with Gasteiger partial charge in [-0.05, 0) is 80.3 Å². The van der Waals surface area contributed by atoms with Gasteiger partial charge in [0.1, 0.15) is 0 Å². The van der Waals surface area contributed by atoms with Crippen LogP contribution in [0.15, 0.2) is 36.4 Å². The highest BCUT2D eigenvalue weighted by Gasteiger charge is 2.27. The third-order valence-corrected chi connectivity index (χ3v) is 7.52. The number of aryl methyl sites for hydroxylation is 1. The van der Waals surface area contributed by atoms with Gasteiger partial charge in [-0.2, -0.15) is 0 Å². The summed E-state index contributed by atoms with van der Waals surface area (Å²) in [7, 11) is 2.20. The van der Waals surface area contributed by atoms with E-state index in [0.717, 1.165) is 83.0 Å². The van der Waals surface area contributed by atoms with Crippen molar-refractivity contribution in [3.8, 4) is 0 Å². The number of benzene rings is 2. The Kier molecular flexibility index (Phi) is 9.70. The summed E-state index contributed by atoms with van der Waals surface area (Å²) in [6, 6.07) is 12.8. The molecule has 0 bridgehead atoms. The summed E-state index contributed by atoms with van der Waals surface area (Å²) >= 11 is 0. The Bertz CT molecular complexity index is 987. The van der Waals surface area contributed by atoms with Gasteiger partial charge in [0.25, 0.3) is 5.91 Å². The van der Waals surface area contributed by atoms with Crippen LogP contribution < -0.4 is 15.1 Å². The first-order chi connectivity index (χ1) is 16.1. The highest BCUT2D eigenvalue weighted by Crippen LogP contribution is 2.33. The maximum atomic E-state index is 13.0. The van der Waals surface area contributed by atoms with Crippen molar-refractivity contribution in [2.45, 2.75) is 32.2 Å². The lowest BCUT2D eigenvalue weighted by Crippen LogP contribution is -2.45. The number of carbonyl (C=O) groups is 1. The zero-order valence-electron chi connectivity index (χ0n) is 20.8. The molecule has 2 aromatic carbocycles. The molecule has 1 aliphatic carbocycles. The minimum atomic E-state index is 0. The molecule has 0 saturated carbocycles. The maximum Gasteiger partial charge on any atom is 0.251 e. The summed E-state index contributed by atoms with van der Waals surface area (Å²) < 4.78 is 5.44. The van der Waals surface area contributed by atoms with Crippen LogP contribution in [0.25, 0.3) is 0 Å². The smallest absolute Gasteiger partial charge is 0.251 e. The molecule has 192 valence electrons. The number of ether oxygens (including phenoxy) is 1. The van der Waals surface area contributed by atoms with E-state index >= 15 is 0 Å². The Hall–Kier alpha value is -1.99. The second kappa shape index (κ2) is 12.3. The topological polar surface area (TPSA) is 48.0 Å². The van der Waals surface area contributed by atoms with E-state index < -0.39 is 0 Å². The van der Waals surface area contributed by atoms with Crippen molar-refractivity contribution >= 4 is 42.1 Å². The Morgan fingerprint density at radius 1 is 0.886 bits per heavy atom. The number of anilines is 2. The fraction of sp³-hybridized carbons (Fsp3) is 0.519. The molecule has 0 radical (unpaired) electrons. The number of rotatable bonds is 4. The van der Waals surface area contributed by atoms with Crippen LogP contribution in [0.2, 0.25) is 0 Å². The average Bonchev–Trinajstić information content (AvgIpc) is 2.86. The third kappa shape index (κ3) is 6.23. The van der Waals surface area contributed by atoms with Crippen LogP contribution in [-0.2, 0) is 17.6 Å². The van der Waals surface area contributed by atoms with Gasteiger partial charge in [-0.25, -0.2) is 0 Å². The zero-order chi connectivity index (χ0) is 22.8. The molecule has 2 fully saturated rings. The van der Waals surface area contributed by atoms with Crippen LogP contribution >= 0.6 is 24.8 Å². The number of nitrogens with zero attached hydrogens (tertiary/aromatic N) is 3. The molecule has 2 saturated heterocycles. The Morgan fingerprint density at radius 2 is 1.57 bits per heavy atom. The fourth-order valence-corrected chi connectivity index (χ4v) is 5.42. The average molecular weight is 522 g/mol. The molecule has 5 rings (SSSR count). The molecule has 2 aromatic rings. The lowest BCUT2D eigenvalue weighted by molar-refractivity contribution is 0.0933. The lowest BCUT2D eigenvalue weighted by Gasteiger charge is -2.37. The van der Waals surface area contributed by atoms with Crippen molar-refractivity contribution in [2.24, 2.45) is 0 Å². The highest BCUT2D eigenvalue weighted by atomic mass is 35.5. The number of carbonyl (C=O) groups excluding carboxylic acids is 1. The summed E-state index contributed by atoms with van der Waals surface area (Å²) in [5.41, 5.74) is 7.59. The number of hydrogen-bond acceptors (Lipinski definition) is 5. The summed E-state index contributed by atoms with van der Waals surface area (Å²) in [4.78, 5) is 20.3. The summed E-state index contributed by atoms with van der Waals surface area (Å²) in [5, 5.41) is 3.33. The van der Waals surface area contributed by atoms with E-state index in [9.17, 15) is 4.79 Å². The molecule has 6 nitrogen and oxygen atoms in total. The molecule has 3 aliphatic rings. The van der Waals surface area contributed by atoms with Crippen LogP contribution in [0.5, 0.6) is 0 Å². The number of halogens is 2. The van der Waals surface area contributed by atoms with Crippen LogP contribution in [0, 0.1) is 6.92 Å². The second-order valence-electron chi connectivity index (χ2n) is 9.71. The van der Waals surface area contributed by atoms with Crippen LogP contribution in [-0.4, -0.2) is 76.4 Å². The SMILES string of the molecule is Cc1ccc(N2CCN(C)CC2)c2c1CCC(NC(=O)c1ccc(N3CCOCC3)cc1)C2.Cl.Cl. The molecule has 2 aliphatic heterocycles. The molecule has 1 atom stereocenters. The number of piperazine rings is 1. The first-order valence-corrected chi connectivity index (χ1v) is 12.4. The standard InChI is InChI=1S/C27H36N4O2.2ClH/c1-20-3-10-26(31-13-11-29(2)12-14-31)25-19-22(6-9-24(20)25)28-27(32)21-4-7-23(8-5-21)30-15-17-33-18-16-30;;/h3-5,7-8,10,22H,6,9,11-19H2,1-2H3,(H,28,32);2*1H. The molecule has 1 amide bonds. The maximum absolute atomic E-state index is 13.0. The Labute approximate surface area is 221 Å². The van der Waals surface area contributed by atoms with Gasteiger partial charge in [0, 0.05) is 62.2 Å². The van der Waals surface area contributed by atoms with E-state index in [1.807, 2.05) is 12.1 Å². The third-order valence-electron chi connectivity index (χ3n) is 7.52. The van der Waals surface area contributed by atoms with Crippen molar-refractivity contribution in [1.82, 2.24) is 10.2 Å². The van der Waals surface area contributed by atoms with Crippen LogP contribution in [0.4, 0.5) is 11.4 Å². The molecule has 0 aromatic heterocycles. The van der Waals surface area contributed by atoms with Gasteiger partial charge in [-0.15, -0.1) is 24.8 Å². The molecule has 2 heterocycles. The van der Waals surface area contributed by atoms with Gasteiger partial charge >= 0.3 is 0 Å². The quantitative estimate of drug-likeness (QED) is 0.665. The molecule has 8 heteroatoms. The summed E-state index contributed by atoms with van der Waals surface area (Å²) in [6.45, 7) is 9.90. The zero-order valence-corrected chi connectivity index (χ0v) is 22.4. The van der Waals surface area contributed by atoms with E-state index in [2.05, 4.69) is 58.3 Å². The van der Waals surface area contributed by atoms with Gasteiger partial charge in [-0.1, -0.05) is 6.07 Å². The highest BCUT2D eigenvalue weighted by molar-refractivity contribution is 5.94. The number of fused-ring (bicyclic) bond motifs is 1. The first kappa shape index (κ1) is 27.6. The Balaban J connectivity index is 0.00000171. The van der Waals surface area contributed by atoms with Gasteiger partial charge < -0.3 is 24.8 Å². The second-order valence-corrected chi connectivity index (χ2v) is 9.71. The Morgan fingerprint density at radius 3 is 2.26 bits per heavy atom. The fourth-order valence-electron chi connectivity index (χ4n) is 5.42. The molecular formula is C27H38Cl2N4O2. The molecular weight excluding hydrogens is 483 g/mol. The van der Waals surface area contributed by atoms with Gasteiger partial charge in [0.15, 0.2) is 0 Å². The van der Waals surface area contributed by atoms with E-state index in [0.29, 0.717) is 0 Å². The van der Waals surface area contributed by atoms with Crippen LogP contribution in [0.3, 0.4) is 0 Å². The number of nitrogens with one attached hydrogen (secondary N) is 1. The first-order valence-electron chi connectivity index (χ1n) is 12.4. The largest absolute Gasteiger partial charge is 0.378 e. The van der Waals surface area contributed by atoms with E-state index in [1.54, 1.807) is 0 Å². The number of likely N-dealkylation sites (N-methyl/N-ethyl adjacent to an activating group) is 1. The van der Waals surface area contributed by atoms with E-state index in [1.165, 1.54) is 22.4 Å². The van der Waals surface area contributed by atoms with Crippen molar-refractivity contribution in [1.29, 1.82) is 0 Å². The minimum absolute atomic E-state index is 0. The number of morpholine rings is 1. The van der Waals surface area contributed by atoms with Crippen molar-refractivity contribution in [3.05, 3.63) is 58.7 Å². The number of hydrogen-bond donors (Lipinski definition) is 1. The molecule has 1 N–H and O–H groups in total. The molecule has 1 unspecified atom stereocenters. The van der Waals surface area contributed by atoms with Crippen molar-refractivity contribution < 1.29 is 9.53 Å². The normalized spacial score (nSPS) is 20.3. The molecule has 0 spiro atoms.